The van der Waals surface area contributed by atoms with E-state index >= 15 is 0 Å². The number of thioether (sulfide) groups is 1. The first kappa shape index (κ1) is 19.9. The van der Waals surface area contributed by atoms with Gasteiger partial charge in [0.25, 0.3) is 0 Å². The molecular weight excluding hydrogens is 398 g/mol. The molecule has 1 unspecified atom stereocenters. The van der Waals surface area contributed by atoms with Crippen LogP contribution in [-0.4, -0.2) is 31.8 Å². The molecule has 0 fully saturated rings. The minimum atomic E-state index is -0.516. The summed E-state index contributed by atoms with van der Waals surface area (Å²) in [5, 5.41) is 11.6. The molecule has 0 aliphatic heterocycles. The Balaban J connectivity index is 1.70. The smallest absolute Gasteiger partial charge is 0.248 e. The predicted molar refractivity (Wildman–Crippen MR) is 110 cm³/mol. The van der Waals surface area contributed by atoms with Gasteiger partial charge in [-0.2, -0.15) is 0 Å². The van der Waals surface area contributed by atoms with Gasteiger partial charge in [0.1, 0.15) is 6.33 Å². The summed E-state index contributed by atoms with van der Waals surface area (Å²) in [5.41, 5.74) is 7.97. The Labute approximate surface area is 171 Å². The Hall–Kier alpha value is -2.84. The van der Waals surface area contributed by atoms with Crippen molar-refractivity contribution in [1.29, 1.82) is 0 Å². The van der Waals surface area contributed by atoms with Gasteiger partial charge in [-0.3, -0.25) is 14.2 Å². The van der Waals surface area contributed by atoms with E-state index in [-0.39, 0.29) is 5.91 Å². The number of carbonyl (C=O) groups excluding carboxylic acids is 2. The lowest BCUT2D eigenvalue weighted by molar-refractivity contribution is -0.115. The number of amides is 2. The van der Waals surface area contributed by atoms with Gasteiger partial charge >= 0.3 is 0 Å². The van der Waals surface area contributed by atoms with Gasteiger partial charge < -0.3 is 11.1 Å². The number of benzene rings is 2. The number of hydrogen-bond acceptors (Lipinski definition) is 5. The summed E-state index contributed by atoms with van der Waals surface area (Å²) in [4.78, 5) is 23.6. The summed E-state index contributed by atoms with van der Waals surface area (Å²) in [5.74, 6) is -0.717. The van der Waals surface area contributed by atoms with Crippen molar-refractivity contribution in [2.24, 2.45) is 5.73 Å². The van der Waals surface area contributed by atoms with Gasteiger partial charge in [0.15, 0.2) is 5.16 Å². The Morgan fingerprint density at radius 1 is 1.21 bits per heavy atom. The Morgan fingerprint density at radius 3 is 2.57 bits per heavy atom. The SMILES string of the molecule is Cc1ccc(-n2cnnc2SC(C)C(=O)Nc2ccc(C(N)=O)cc2)cc1Cl. The van der Waals surface area contributed by atoms with E-state index in [9.17, 15) is 9.59 Å². The summed E-state index contributed by atoms with van der Waals surface area (Å²) in [6.07, 6.45) is 1.58. The van der Waals surface area contributed by atoms with Gasteiger partial charge in [-0.1, -0.05) is 29.4 Å². The van der Waals surface area contributed by atoms with E-state index in [1.165, 1.54) is 11.8 Å². The quantitative estimate of drug-likeness (QED) is 0.600. The van der Waals surface area contributed by atoms with Gasteiger partial charge in [-0.05, 0) is 55.8 Å². The second kappa shape index (κ2) is 8.45. The molecule has 1 aromatic heterocycles. The highest BCUT2D eigenvalue weighted by Crippen LogP contribution is 2.27. The van der Waals surface area contributed by atoms with Gasteiger partial charge in [0.2, 0.25) is 11.8 Å². The first-order valence-electron chi connectivity index (χ1n) is 8.39. The maximum absolute atomic E-state index is 12.5. The number of anilines is 1. The molecule has 3 rings (SSSR count). The van der Waals surface area contributed by atoms with Crippen LogP contribution in [0.1, 0.15) is 22.8 Å². The van der Waals surface area contributed by atoms with E-state index < -0.39 is 11.2 Å². The van der Waals surface area contributed by atoms with E-state index in [1.807, 2.05) is 25.1 Å². The largest absolute Gasteiger partial charge is 0.366 e. The number of nitrogens with one attached hydrogen (secondary N) is 1. The van der Waals surface area contributed by atoms with Crippen LogP contribution in [0.2, 0.25) is 5.02 Å². The normalized spacial score (nSPS) is 11.8. The molecule has 2 amide bonds. The molecular formula is C19H18ClN5O2S. The highest BCUT2D eigenvalue weighted by molar-refractivity contribution is 8.00. The number of nitrogens with two attached hydrogens (primary N) is 1. The lowest BCUT2D eigenvalue weighted by Gasteiger charge is -2.13. The standard InChI is InChI=1S/C19H18ClN5O2S/c1-11-3-8-15(9-16(11)20)25-10-22-24-19(25)28-12(2)18(27)23-14-6-4-13(5-7-14)17(21)26/h3-10,12H,1-2H3,(H2,21,26)(H,23,27). The Kier molecular flexibility index (Phi) is 6.01. The number of rotatable bonds is 6. The fourth-order valence-corrected chi connectivity index (χ4v) is 3.40. The summed E-state index contributed by atoms with van der Waals surface area (Å²) in [6.45, 7) is 3.70. The van der Waals surface area contributed by atoms with Crippen molar-refractivity contribution in [2.75, 3.05) is 5.32 Å². The predicted octanol–water partition coefficient (Wildman–Crippen LogP) is 3.45. The molecule has 3 aromatic rings. The molecule has 0 aliphatic carbocycles. The Bertz CT molecular complexity index is 1020. The number of aromatic nitrogens is 3. The minimum Gasteiger partial charge on any atom is -0.366 e. The van der Waals surface area contributed by atoms with E-state index in [1.54, 1.807) is 42.1 Å². The minimum absolute atomic E-state index is 0.201. The fourth-order valence-electron chi connectivity index (χ4n) is 2.39. The zero-order valence-electron chi connectivity index (χ0n) is 15.2. The van der Waals surface area contributed by atoms with Crippen LogP contribution in [0, 0.1) is 6.92 Å². The van der Waals surface area contributed by atoms with Gasteiger partial charge in [-0.25, -0.2) is 0 Å². The molecule has 0 saturated carbocycles. The van der Waals surface area contributed by atoms with Crippen molar-refractivity contribution in [3.63, 3.8) is 0 Å². The lowest BCUT2D eigenvalue weighted by Crippen LogP contribution is -2.23. The zero-order chi connectivity index (χ0) is 20.3. The monoisotopic (exact) mass is 415 g/mol. The summed E-state index contributed by atoms with van der Waals surface area (Å²) >= 11 is 7.48. The first-order chi connectivity index (χ1) is 13.3. The highest BCUT2D eigenvalue weighted by atomic mass is 35.5. The molecule has 0 saturated heterocycles. The number of aryl methyl sites for hydroxylation is 1. The van der Waals surface area contributed by atoms with Gasteiger partial charge in [-0.15, -0.1) is 10.2 Å². The van der Waals surface area contributed by atoms with Crippen LogP contribution in [0.25, 0.3) is 5.69 Å². The number of halogens is 1. The van der Waals surface area contributed by atoms with Crippen molar-refractivity contribution in [3.8, 4) is 5.69 Å². The van der Waals surface area contributed by atoms with Gasteiger partial charge in [0, 0.05) is 16.3 Å². The summed E-state index contributed by atoms with van der Waals surface area (Å²) in [6, 6.07) is 12.0. The maximum atomic E-state index is 12.5. The van der Waals surface area contributed by atoms with Crippen LogP contribution in [0.15, 0.2) is 53.9 Å². The van der Waals surface area contributed by atoms with Crippen LogP contribution in [0.5, 0.6) is 0 Å². The van der Waals surface area contributed by atoms with Crippen LogP contribution < -0.4 is 11.1 Å². The number of hydrogen-bond donors (Lipinski definition) is 2. The third-order valence-corrected chi connectivity index (χ3v) is 5.50. The number of carbonyl (C=O) groups is 2. The molecule has 9 heteroatoms. The van der Waals surface area contributed by atoms with Crippen molar-refractivity contribution < 1.29 is 9.59 Å². The third kappa shape index (κ3) is 4.52. The second-order valence-electron chi connectivity index (χ2n) is 6.11. The summed E-state index contributed by atoms with van der Waals surface area (Å²) in [7, 11) is 0. The maximum Gasteiger partial charge on any atom is 0.248 e. The van der Waals surface area contributed by atoms with Crippen LogP contribution in [0.3, 0.4) is 0 Å². The van der Waals surface area contributed by atoms with Crippen molar-refractivity contribution in [3.05, 3.63) is 64.9 Å². The average molecular weight is 416 g/mol. The molecule has 2 aromatic carbocycles. The molecule has 0 aliphatic rings. The molecule has 28 heavy (non-hydrogen) atoms. The number of primary amides is 1. The first-order valence-corrected chi connectivity index (χ1v) is 9.65. The van der Waals surface area contributed by atoms with E-state index in [2.05, 4.69) is 15.5 Å². The second-order valence-corrected chi connectivity index (χ2v) is 7.82. The molecule has 0 radical (unpaired) electrons. The van der Waals surface area contributed by atoms with Crippen LogP contribution in [0.4, 0.5) is 5.69 Å². The zero-order valence-corrected chi connectivity index (χ0v) is 16.8. The molecule has 3 N–H and O–H groups in total. The van der Waals surface area contributed by atoms with Crippen molar-refractivity contribution in [1.82, 2.24) is 14.8 Å². The van der Waals surface area contributed by atoms with Crippen molar-refractivity contribution in [2.45, 2.75) is 24.3 Å². The molecule has 1 heterocycles. The third-order valence-electron chi connectivity index (χ3n) is 4.04. The van der Waals surface area contributed by atoms with Gasteiger partial charge in [0.05, 0.1) is 10.9 Å². The molecule has 7 nitrogen and oxygen atoms in total. The van der Waals surface area contributed by atoms with E-state index in [4.69, 9.17) is 17.3 Å². The molecule has 0 bridgehead atoms. The molecule has 1 atom stereocenters. The van der Waals surface area contributed by atoms with Crippen LogP contribution in [-0.2, 0) is 4.79 Å². The Morgan fingerprint density at radius 2 is 1.93 bits per heavy atom. The van der Waals surface area contributed by atoms with Crippen LogP contribution >= 0.6 is 23.4 Å². The number of nitrogens with zero attached hydrogens (tertiary/aromatic N) is 3. The average Bonchev–Trinajstić information content (AvgIpc) is 3.12. The highest BCUT2D eigenvalue weighted by Gasteiger charge is 2.19. The van der Waals surface area contributed by atoms with Crippen molar-refractivity contribution >= 4 is 40.9 Å². The van der Waals surface area contributed by atoms with E-state index in [0.29, 0.717) is 21.4 Å². The topological polar surface area (TPSA) is 103 Å². The lowest BCUT2D eigenvalue weighted by atomic mass is 10.2. The molecule has 144 valence electrons. The summed E-state index contributed by atoms with van der Waals surface area (Å²) < 4.78 is 1.78. The van der Waals surface area contributed by atoms with E-state index in [0.717, 1.165) is 11.3 Å². The fraction of sp³-hybridized carbons (Fsp3) is 0.158. The molecule has 0 spiro atoms.